The number of thioether (sulfide) groups is 1. The van der Waals surface area contributed by atoms with Crippen molar-refractivity contribution in [2.45, 2.75) is 115 Å². The predicted octanol–water partition coefficient (Wildman–Crippen LogP) is 1.30. The Balaban J connectivity index is 5.10. The van der Waals surface area contributed by atoms with Gasteiger partial charge in [0.2, 0.25) is 11.8 Å². The molecule has 0 aromatic rings. The molecule has 0 aliphatic heterocycles. The van der Waals surface area contributed by atoms with Crippen LogP contribution in [0.5, 0.6) is 0 Å². The number of carboxylic acids is 2. The topological polar surface area (TPSA) is 228 Å². The van der Waals surface area contributed by atoms with Gasteiger partial charge < -0.3 is 37.1 Å². The normalized spacial score (nSPS) is 13.9. The number of aliphatic carboxylic acids is 2. The molecule has 0 radical (unpaired) electrons. The molecule has 0 bridgehead atoms. The van der Waals surface area contributed by atoms with Crippen molar-refractivity contribution in [3.8, 4) is 0 Å². The van der Waals surface area contributed by atoms with Gasteiger partial charge in [0.05, 0.1) is 0 Å². The van der Waals surface area contributed by atoms with Crippen molar-refractivity contribution < 1.29 is 43.7 Å². The Morgan fingerprint density at radius 1 is 0.825 bits per heavy atom. The molecule has 4 atom stereocenters. The zero-order valence-electron chi connectivity index (χ0n) is 23.5. The van der Waals surface area contributed by atoms with E-state index in [1.54, 1.807) is 0 Å². The van der Waals surface area contributed by atoms with Crippen LogP contribution < -0.4 is 22.1 Å². The third kappa shape index (κ3) is 18.4. The van der Waals surface area contributed by atoms with Crippen LogP contribution >= 0.6 is 11.8 Å². The molecule has 0 spiro atoms. The van der Waals surface area contributed by atoms with Gasteiger partial charge in [0.15, 0.2) is 6.10 Å². The number of esters is 1. The quantitative estimate of drug-likeness (QED) is 0.0693. The Bertz CT molecular complexity index is 828. The van der Waals surface area contributed by atoms with Crippen LogP contribution in [-0.2, 0) is 33.5 Å². The highest BCUT2D eigenvalue weighted by atomic mass is 32.2. The van der Waals surface area contributed by atoms with Crippen molar-refractivity contribution in [2.75, 3.05) is 11.5 Å². The summed E-state index contributed by atoms with van der Waals surface area (Å²) in [5.41, 5.74) is 10.7. The summed E-state index contributed by atoms with van der Waals surface area (Å²) in [6, 6.07) is -3.79. The lowest BCUT2D eigenvalue weighted by Crippen LogP contribution is -2.49. The number of unbranched alkanes of at least 4 members (excludes halogenated alkanes) is 8. The van der Waals surface area contributed by atoms with E-state index in [-0.39, 0.29) is 30.8 Å². The van der Waals surface area contributed by atoms with Gasteiger partial charge in [0, 0.05) is 24.3 Å². The van der Waals surface area contributed by atoms with E-state index in [0.717, 1.165) is 37.4 Å². The number of hydrogen-bond acceptors (Lipinski definition) is 9. The van der Waals surface area contributed by atoms with Gasteiger partial charge in [0.1, 0.15) is 18.1 Å². The molecule has 0 heterocycles. The summed E-state index contributed by atoms with van der Waals surface area (Å²) in [4.78, 5) is 71.5. The molecule has 13 nitrogen and oxygen atoms in total. The maximum Gasteiger partial charge on any atom is 0.329 e. The highest BCUT2D eigenvalue weighted by Gasteiger charge is 2.31. The first-order chi connectivity index (χ1) is 18.9. The summed E-state index contributed by atoms with van der Waals surface area (Å²) in [6.45, 7) is 3.39. The van der Waals surface area contributed by atoms with Gasteiger partial charge >= 0.3 is 17.9 Å². The molecular formula is C26H46N4O9S. The first-order valence-electron chi connectivity index (χ1n) is 13.8. The van der Waals surface area contributed by atoms with Crippen molar-refractivity contribution in [1.29, 1.82) is 0 Å². The third-order valence-corrected chi connectivity index (χ3v) is 7.10. The van der Waals surface area contributed by atoms with E-state index < -0.39 is 59.9 Å². The Labute approximate surface area is 239 Å². The van der Waals surface area contributed by atoms with Crippen molar-refractivity contribution in [3.63, 3.8) is 0 Å². The van der Waals surface area contributed by atoms with Crippen LogP contribution in [-0.4, -0.2) is 81.6 Å². The van der Waals surface area contributed by atoms with Crippen LogP contribution in [0.4, 0.5) is 0 Å². The fourth-order valence-electron chi connectivity index (χ4n) is 3.53. The molecule has 0 saturated heterocycles. The van der Waals surface area contributed by atoms with Gasteiger partial charge in [-0.15, -0.1) is 0 Å². The Hall–Kier alpha value is -2.87. The maximum atomic E-state index is 12.9. The molecule has 0 aliphatic rings. The molecule has 0 aliphatic carbocycles. The second kappa shape index (κ2) is 21.9. The molecule has 0 rings (SSSR count). The summed E-state index contributed by atoms with van der Waals surface area (Å²) in [5.74, 6) is -5.95. The zero-order chi connectivity index (χ0) is 30.5. The number of hydrogen-bond donors (Lipinski definition) is 6. The van der Waals surface area contributed by atoms with Gasteiger partial charge in [-0.1, -0.05) is 58.3 Å². The maximum absolute atomic E-state index is 12.9. The van der Waals surface area contributed by atoms with Crippen molar-refractivity contribution in [1.82, 2.24) is 10.6 Å². The van der Waals surface area contributed by atoms with E-state index in [4.69, 9.17) is 26.4 Å². The van der Waals surface area contributed by atoms with E-state index >= 15 is 0 Å². The summed E-state index contributed by atoms with van der Waals surface area (Å²) in [7, 11) is 0. The molecule has 0 fully saturated rings. The van der Waals surface area contributed by atoms with Crippen LogP contribution in [0.25, 0.3) is 0 Å². The van der Waals surface area contributed by atoms with Crippen molar-refractivity contribution in [2.24, 2.45) is 11.5 Å². The fraction of sp³-hybridized carbons (Fsp3) is 0.769. The average Bonchev–Trinajstić information content (AvgIpc) is 2.88. The molecule has 40 heavy (non-hydrogen) atoms. The van der Waals surface area contributed by atoms with Crippen LogP contribution in [0.2, 0.25) is 0 Å². The van der Waals surface area contributed by atoms with E-state index in [1.165, 1.54) is 32.6 Å². The lowest BCUT2D eigenvalue weighted by Gasteiger charge is -2.23. The molecule has 0 saturated carbocycles. The van der Waals surface area contributed by atoms with Crippen LogP contribution in [0, 0.1) is 0 Å². The highest BCUT2D eigenvalue weighted by molar-refractivity contribution is 7.99. The Kier molecular flexibility index (Phi) is 20.3. The second-order valence-corrected chi connectivity index (χ2v) is 10.8. The van der Waals surface area contributed by atoms with Crippen molar-refractivity contribution in [3.05, 3.63) is 0 Å². The monoisotopic (exact) mass is 590 g/mol. The van der Waals surface area contributed by atoms with Crippen LogP contribution in [0.15, 0.2) is 0 Å². The largest absolute Gasteiger partial charge is 0.480 e. The molecule has 0 aromatic carbocycles. The summed E-state index contributed by atoms with van der Waals surface area (Å²) >= 11 is 0.917. The third-order valence-electron chi connectivity index (χ3n) is 5.97. The lowest BCUT2D eigenvalue weighted by molar-refractivity contribution is -0.158. The smallest absolute Gasteiger partial charge is 0.329 e. The number of amides is 3. The van der Waals surface area contributed by atoms with E-state index in [9.17, 15) is 28.8 Å². The summed E-state index contributed by atoms with van der Waals surface area (Å²) in [5, 5.41) is 22.7. The SMILES string of the molecule is CCCCCCCCCCCC(=O)N[C@H](CCC(N)=O)C(=O)O[C@H](CSC[C@H](N)C(=O)O)C(=O)N[C@H](C)C(=O)O. The zero-order valence-corrected chi connectivity index (χ0v) is 24.3. The molecule has 14 heteroatoms. The van der Waals surface area contributed by atoms with E-state index in [2.05, 4.69) is 17.6 Å². The number of rotatable bonds is 24. The molecule has 3 amide bonds. The standard InChI is InChI=1S/C26H46N4O9S/c1-3-4-5-6-7-8-9-10-11-12-22(32)30-19(13-14-21(28)31)26(38)39-20(16-40-15-18(27)25(36)37)23(33)29-17(2)24(34)35/h17-20H,3-16,27H2,1-2H3,(H2,28,31)(H,29,33)(H,30,32)(H,34,35)(H,36,37)/t17-,18+,19-,20-/m1/s1. The average molecular weight is 591 g/mol. The molecule has 230 valence electrons. The summed E-state index contributed by atoms with van der Waals surface area (Å²) in [6.07, 6.45) is 7.88. The lowest BCUT2D eigenvalue weighted by atomic mass is 10.1. The number of nitrogens with one attached hydrogen (secondary N) is 2. The fourth-order valence-corrected chi connectivity index (χ4v) is 4.49. The molecule has 8 N–H and O–H groups in total. The minimum atomic E-state index is -1.51. The number of primary amides is 1. The van der Waals surface area contributed by atoms with Gasteiger partial charge in [-0.3, -0.25) is 24.0 Å². The van der Waals surface area contributed by atoms with E-state index in [0.29, 0.717) is 6.42 Å². The minimum Gasteiger partial charge on any atom is -0.480 e. The van der Waals surface area contributed by atoms with Crippen molar-refractivity contribution >= 4 is 47.4 Å². The minimum absolute atomic E-state index is 0.105. The van der Waals surface area contributed by atoms with Gasteiger partial charge in [-0.2, -0.15) is 11.8 Å². The van der Waals surface area contributed by atoms with Crippen LogP contribution in [0.3, 0.4) is 0 Å². The number of carboxylic acid groups (broad SMARTS) is 2. The van der Waals surface area contributed by atoms with Gasteiger partial charge in [-0.05, 0) is 19.8 Å². The molecule has 0 unspecified atom stereocenters. The Morgan fingerprint density at radius 2 is 1.40 bits per heavy atom. The highest BCUT2D eigenvalue weighted by Crippen LogP contribution is 2.13. The second-order valence-electron chi connectivity index (χ2n) is 9.68. The first kappa shape index (κ1) is 37.1. The first-order valence-corrected chi connectivity index (χ1v) is 14.9. The number of carbonyl (C=O) groups excluding carboxylic acids is 4. The predicted molar refractivity (Wildman–Crippen MR) is 150 cm³/mol. The Morgan fingerprint density at radius 3 is 1.93 bits per heavy atom. The summed E-state index contributed by atoms with van der Waals surface area (Å²) < 4.78 is 5.31. The number of ether oxygens (including phenoxy) is 1. The van der Waals surface area contributed by atoms with Gasteiger partial charge in [0.25, 0.3) is 5.91 Å². The number of carbonyl (C=O) groups is 6. The number of nitrogens with two attached hydrogens (primary N) is 2. The van der Waals surface area contributed by atoms with E-state index in [1.807, 2.05) is 0 Å². The van der Waals surface area contributed by atoms with Crippen LogP contribution in [0.1, 0.15) is 90.9 Å². The van der Waals surface area contributed by atoms with Gasteiger partial charge in [-0.25, -0.2) is 4.79 Å². The molecule has 0 aromatic heterocycles. The molecular weight excluding hydrogens is 544 g/mol.